The normalized spacial score (nSPS) is 10.8. The molecular formula is C20H19ClN2O5. The molecule has 3 rings (SSSR count). The van der Waals surface area contributed by atoms with E-state index < -0.39 is 24.2 Å². The number of oxazole rings is 1. The second kappa shape index (κ2) is 8.31. The van der Waals surface area contributed by atoms with Crippen LogP contribution in [0.2, 0.25) is 5.02 Å². The molecule has 8 heteroatoms. The second-order valence-electron chi connectivity index (χ2n) is 6.38. The van der Waals surface area contributed by atoms with Gasteiger partial charge in [-0.25, -0.2) is 4.79 Å². The molecule has 0 unspecified atom stereocenters. The van der Waals surface area contributed by atoms with Crippen LogP contribution in [0, 0.1) is 13.8 Å². The molecule has 7 nitrogen and oxygen atoms in total. The van der Waals surface area contributed by atoms with Crippen molar-refractivity contribution in [2.24, 2.45) is 0 Å². The Kier molecular flexibility index (Phi) is 5.84. The number of para-hydroxylation sites is 2. The molecule has 1 N–H and O–H groups in total. The van der Waals surface area contributed by atoms with Crippen LogP contribution < -0.4 is 11.1 Å². The molecule has 0 saturated carbocycles. The number of aromatic nitrogens is 1. The molecule has 0 fully saturated rings. The molecule has 0 radical (unpaired) electrons. The number of ether oxygens (including phenoxy) is 1. The molecular weight excluding hydrogens is 384 g/mol. The van der Waals surface area contributed by atoms with Gasteiger partial charge in [-0.05, 0) is 43.2 Å². The van der Waals surface area contributed by atoms with Gasteiger partial charge in [-0.15, -0.1) is 0 Å². The van der Waals surface area contributed by atoms with Crippen molar-refractivity contribution in [2.75, 3.05) is 11.9 Å². The van der Waals surface area contributed by atoms with Crippen LogP contribution in [0.4, 0.5) is 5.69 Å². The van der Waals surface area contributed by atoms with Crippen molar-refractivity contribution in [3.63, 3.8) is 0 Å². The maximum absolute atomic E-state index is 12.1. The Balaban J connectivity index is 1.54. The van der Waals surface area contributed by atoms with Crippen molar-refractivity contribution in [3.05, 3.63) is 63.1 Å². The molecule has 0 aliphatic heterocycles. The maximum Gasteiger partial charge on any atom is 0.419 e. The van der Waals surface area contributed by atoms with E-state index in [0.717, 1.165) is 11.1 Å². The SMILES string of the molecule is Cc1cc(C)c(NC(=O)COC(=O)CCn2c(=O)oc3ccccc32)c(Cl)c1. The molecule has 2 aromatic carbocycles. The number of hydrogen-bond donors (Lipinski definition) is 1. The summed E-state index contributed by atoms with van der Waals surface area (Å²) in [6.45, 7) is 3.39. The van der Waals surface area contributed by atoms with Crippen molar-refractivity contribution in [2.45, 2.75) is 26.8 Å². The van der Waals surface area contributed by atoms with Crippen LogP contribution >= 0.6 is 11.6 Å². The molecule has 146 valence electrons. The lowest BCUT2D eigenvalue weighted by Crippen LogP contribution is -2.23. The summed E-state index contributed by atoms with van der Waals surface area (Å²) in [4.78, 5) is 35.9. The Morgan fingerprint density at radius 3 is 2.71 bits per heavy atom. The van der Waals surface area contributed by atoms with Gasteiger partial charge in [0.15, 0.2) is 12.2 Å². The fraction of sp³-hybridized carbons (Fsp3) is 0.250. The zero-order valence-electron chi connectivity index (χ0n) is 15.5. The van der Waals surface area contributed by atoms with Crippen molar-refractivity contribution >= 4 is 40.3 Å². The fourth-order valence-corrected chi connectivity index (χ4v) is 3.26. The number of hydrogen-bond acceptors (Lipinski definition) is 5. The summed E-state index contributed by atoms with van der Waals surface area (Å²) in [7, 11) is 0. The Labute approximate surface area is 165 Å². The Morgan fingerprint density at radius 1 is 1.21 bits per heavy atom. The van der Waals surface area contributed by atoms with Crippen LogP contribution in [0.1, 0.15) is 17.5 Å². The molecule has 1 aromatic heterocycles. The van der Waals surface area contributed by atoms with Gasteiger partial charge < -0.3 is 14.5 Å². The summed E-state index contributed by atoms with van der Waals surface area (Å²) >= 11 is 6.15. The monoisotopic (exact) mass is 402 g/mol. The van der Waals surface area contributed by atoms with Gasteiger partial charge in [-0.1, -0.05) is 29.8 Å². The number of esters is 1. The number of halogens is 1. The van der Waals surface area contributed by atoms with E-state index in [-0.39, 0.29) is 13.0 Å². The Morgan fingerprint density at radius 2 is 1.96 bits per heavy atom. The van der Waals surface area contributed by atoms with Crippen molar-refractivity contribution in [1.82, 2.24) is 4.57 Å². The first-order valence-corrected chi connectivity index (χ1v) is 9.03. The van der Waals surface area contributed by atoms with Crippen molar-refractivity contribution in [1.29, 1.82) is 0 Å². The highest BCUT2D eigenvalue weighted by molar-refractivity contribution is 6.34. The lowest BCUT2D eigenvalue weighted by molar-refractivity contribution is -0.147. The highest BCUT2D eigenvalue weighted by Crippen LogP contribution is 2.27. The lowest BCUT2D eigenvalue weighted by Gasteiger charge is -2.12. The third-order valence-electron chi connectivity index (χ3n) is 4.17. The largest absolute Gasteiger partial charge is 0.456 e. The third kappa shape index (κ3) is 4.43. The van der Waals surface area contributed by atoms with Gasteiger partial charge in [0, 0.05) is 6.54 Å². The number of rotatable bonds is 6. The first-order valence-electron chi connectivity index (χ1n) is 8.66. The van der Waals surface area contributed by atoms with Gasteiger partial charge in [0.05, 0.1) is 22.6 Å². The van der Waals surface area contributed by atoms with Gasteiger partial charge in [0.25, 0.3) is 5.91 Å². The number of nitrogens with one attached hydrogen (secondary N) is 1. The maximum atomic E-state index is 12.1. The molecule has 0 saturated heterocycles. The molecule has 0 atom stereocenters. The minimum atomic E-state index is -0.598. The summed E-state index contributed by atoms with van der Waals surface area (Å²) in [5.74, 6) is -1.64. The quantitative estimate of drug-likeness (QED) is 0.638. The van der Waals surface area contributed by atoms with Crippen LogP contribution in [-0.4, -0.2) is 23.1 Å². The summed E-state index contributed by atoms with van der Waals surface area (Å²) in [5.41, 5.74) is 3.34. The smallest absolute Gasteiger partial charge is 0.419 e. The van der Waals surface area contributed by atoms with Crippen LogP contribution in [-0.2, 0) is 20.9 Å². The predicted molar refractivity (Wildman–Crippen MR) is 106 cm³/mol. The molecule has 3 aromatic rings. The van der Waals surface area contributed by atoms with Gasteiger partial charge in [0.2, 0.25) is 0 Å². The number of carbonyl (C=O) groups excluding carboxylic acids is 2. The van der Waals surface area contributed by atoms with Gasteiger partial charge in [-0.3, -0.25) is 14.2 Å². The van der Waals surface area contributed by atoms with Crippen LogP contribution in [0.5, 0.6) is 0 Å². The Bertz CT molecular complexity index is 1080. The first-order chi connectivity index (χ1) is 13.3. The average Bonchev–Trinajstić information content (AvgIpc) is 2.96. The zero-order valence-corrected chi connectivity index (χ0v) is 16.2. The number of nitrogens with zero attached hydrogens (tertiary/aromatic N) is 1. The van der Waals surface area contributed by atoms with E-state index in [2.05, 4.69) is 5.32 Å². The molecule has 0 aliphatic carbocycles. The summed E-state index contributed by atoms with van der Waals surface area (Å²) in [6, 6.07) is 10.6. The highest BCUT2D eigenvalue weighted by Gasteiger charge is 2.14. The van der Waals surface area contributed by atoms with Gasteiger partial charge in [-0.2, -0.15) is 0 Å². The van der Waals surface area contributed by atoms with Crippen molar-refractivity contribution < 1.29 is 18.7 Å². The number of carbonyl (C=O) groups is 2. The Hall–Kier alpha value is -3.06. The second-order valence-corrected chi connectivity index (χ2v) is 6.79. The van der Waals surface area contributed by atoms with E-state index in [1.807, 2.05) is 19.9 Å². The highest BCUT2D eigenvalue weighted by atomic mass is 35.5. The number of fused-ring (bicyclic) bond motifs is 1. The summed E-state index contributed by atoms with van der Waals surface area (Å²) < 4.78 is 11.4. The number of aryl methyl sites for hydroxylation is 3. The van der Waals surface area contributed by atoms with Crippen LogP contribution in [0.15, 0.2) is 45.6 Å². The van der Waals surface area contributed by atoms with Crippen molar-refractivity contribution in [3.8, 4) is 0 Å². The van der Waals surface area contributed by atoms with E-state index >= 15 is 0 Å². The number of amides is 1. The number of benzene rings is 2. The fourth-order valence-electron chi connectivity index (χ4n) is 2.90. The minimum absolute atomic E-state index is 0.0684. The van der Waals surface area contributed by atoms with E-state index in [9.17, 15) is 14.4 Å². The molecule has 1 heterocycles. The van der Waals surface area contributed by atoms with Crippen LogP contribution in [0.3, 0.4) is 0 Å². The van der Waals surface area contributed by atoms with E-state index in [0.29, 0.717) is 21.8 Å². The summed E-state index contributed by atoms with van der Waals surface area (Å²) in [6.07, 6.45) is -0.0684. The average molecular weight is 403 g/mol. The minimum Gasteiger partial charge on any atom is -0.456 e. The van der Waals surface area contributed by atoms with E-state index in [1.165, 1.54) is 4.57 Å². The van der Waals surface area contributed by atoms with Gasteiger partial charge in [0.1, 0.15) is 0 Å². The molecule has 28 heavy (non-hydrogen) atoms. The zero-order chi connectivity index (χ0) is 20.3. The lowest BCUT2D eigenvalue weighted by atomic mass is 10.1. The van der Waals surface area contributed by atoms with Crippen LogP contribution in [0.25, 0.3) is 11.1 Å². The predicted octanol–water partition coefficient (Wildman–Crippen LogP) is 3.44. The molecule has 1 amide bonds. The van der Waals surface area contributed by atoms with E-state index in [1.54, 1.807) is 30.3 Å². The first kappa shape index (κ1) is 19.7. The van der Waals surface area contributed by atoms with E-state index in [4.69, 9.17) is 20.8 Å². The molecule has 0 bridgehead atoms. The third-order valence-corrected chi connectivity index (χ3v) is 4.47. The molecule has 0 aliphatic rings. The summed E-state index contributed by atoms with van der Waals surface area (Å²) in [5, 5.41) is 3.07. The molecule has 0 spiro atoms. The topological polar surface area (TPSA) is 90.5 Å². The van der Waals surface area contributed by atoms with Gasteiger partial charge >= 0.3 is 11.7 Å². The number of anilines is 1. The standard InChI is InChI=1S/C20H19ClN2O5/c1-12-9-13(2)19(14(21)10-12)22-17(24)11-27-18(25)7-8-23-15-5-3-4-6-16(15)28-20(23)26/h3-6,9-10H,7-8,11H2,1-2H3,(H,22,24).